The third-order valence-electron chi connectivity index (χ3n) is 10.0. The van der Waals surface area contributed by atoms with Gasteiger partial charge >= 0.3 is 0 Å². The molecule has 1 aromatic heterocycles. The van der Waals surface area contributed by atoms with E-state index in [0.29, 0.717) is 29.0 Å². The summed E-state index contributed by atoms with van der Waals surface area (Å²) in [6, 6.07) is 14.0. The first-order valence-electron chi connectivity index (χ1n) is 14.7. The molecule has 5 aliphatic carbocycles. The van der Waals surface area contributed by atoms with E-state index in [1.165, 1.54) is 44.9 Å². The molecule has 5 aliphatic rings. The van der Waals surface area contributed by atoms with Crippen molar-refractivity contribution in [2.75, 3.05) is 0 Å². The summed E-state index contributed by atoms with van der Waals surface area (Å²) in [4.78, 5) is 34.1. The molecule has 0 unspecified atom stereocenters. The Bertz CT molecular complexity index is 1320. The third kappa shape index (κ3) is 4.52. The monoisotopic (exact) mass is 510 g/mol. The van der Waals surface area contributed by atoms with Crippen LogP contribution >= 0.6 is 0 Å². The molecule has 1 heterocycles. The zero-order valence-corrected chi connectivity index (χ0v) is 22.2. The number of hydrogen-bond donors (Lipinski definition) is 3. The lowest BCUT2D eigenvalue weighted by Gasteiger charge is -2.54. The fraction of sp³-hybridized carbons (Fsp3) is 0.531. The number of fused-ring (bicyclic) bond motifs is 1. The molecule has 5 fully saturated rings. The highest BCUT2D eigenvalue weighted by Crippen LogP contribution is 2.53. The van der Waals surface area contributed by atoms with Crippen LogP contribution in [0.2, 0.25) is 0 Å². The van der Waals surface area contributed by atoms with Crippen molar-refractivity contribution in [2.24, 2.45) is 29.6 Å². The van der Waals surface area contributed by atoms with Gasteiger partial charge in [0.1, 0.15) is 5.82 Å². The third-order valence-corrected chi connectivity index (χ3v) is 10.0. The highest BCUT2D eigenvalue weighted by atomic mass is 16.2. The molecule has 2 aromatic carbocycles. The van der Waals surface area contributed by atoms with E-state index < -0.39 is 0 Å². The SMILES string of the molecule is CC1CCC(NC(=O)c2ccc3nc(-c4ccc(C(=O)NC5C6CC7CC(C6)CC5C7)cc4)[nH]c3c2)CC1. The van der Waals surface area contributed by atoms with E-state index in [4.69, 9.17) is 4.98 Å². The first kappa shape index (κ1) is 23.9. The lowest BCUT2D eigenvalue weighted by molar-refractivity contribution is -0.0119. The zero-order chi connectivity index (χ0) is 25.8. The van der Waals surface area contributed by atoms with Gasteiger partial charge in [0.2, 0.25) is 0 Å². The summed E-state index contributed by atoms with van der Waals surface area (Å²) < 4.78 is 0. The first-order chi connectivity index (χ1) is 18.5. The van der Waals surface area contributed by atoms with Gasteiger partial charge in [-0.05, 0) is 118 Å². The number of amides is 2. The van der Waals surface area contributed by atoms with Crippen molar-refractivity contribution in [3.05, 3.63) is 53.6 Å². The standard InChI is InChI=1S/C32H38N4O2/c1-18-2-9-26(10-3-18)33-32(38)23-8-11-27-28(17-23)35-30(34-27)21-4-6-22(7-5-21)31(37)36-29-24-13-19-12-20(15-24)16-25(29)14-19/h4-8,11,17-20,24-26,29H,2-3,9-10,12-16H2,1H3,(H,33,38)(H,34,35)(H,36,37). The molecule has 3 aromatic rings. The van der Waals surface area contributed by atoms with Gasteiger partial charge in [-0.3, -0.25) is 9.59 Å². The number of carbonyl (C=O) groups is 2. The molecule has 8 rings (SSSR count). The normalized spacial score (nSPS) is 31.9. The summed E-state index contributed by atoms with van der Waals surface area (Å²) in [5, 5.41) is 6.62. The minimum absolute atomic E-state index is 0.0166. The highest BCUT2D eigenvalue weighted by molar-refractivity contribution is 5.98. The quantitative estimate of drug-likeness (QED) is 0.388. The smallest absolute Gasteiger partial charge is 0.251 e. The number of H-pyrrole nitrogens is 1. The number of nitrogens with zero attached hydrogens (tertiary/aromatic N) is 1. The summed E-state index contributed by atoms with van der Waals surface area (Å²) in [7, 11) is 0. The van der Waals surface area contributed by atoms with E-state index >= 15 is 0 Å². The molecule has 4 bridgehead atoms. The van der Waals surface area contributed by atoms with Crippen LogP contribution in [0.3, 0.4) is 0 Å². The number of imidazole rings is 1. The maximum atomic E-state index is 13.1. The van der Waals surface area contributed by atoms with Crippen molar-refractivity contribution >= 4 is 22.8 Å². The Labute approximate surface area is 224 Å². The van der Waals surface area contributed by atoms with E-state index in [2.05, 4.69) is 22.5 Å². The molecule has 0 radical (unpaired) electrons. The highest BCUT2D eigenvalue weighted by Gasteiger charge is 2.48. The average Bonchev–Trinajstić information content (AvgIpc) is 3.35. The van der Waals surface area contributed by atoms with Crippen molar-refractivity contribution < 1.29 is 9.59 Å². The van der Waals surface area contributed by atoms with Crippen LogP contribution in [-0.2, 0) is 0 Å². The molecule has 5 saturated carbocycles. The zero-order valence-electron chi connectivity index (χ0n) is 22.2. The number of benzene rings is 2. The van der Waals surface area contributed by atoms with Crippen LogP contribution in [0, 0.1) is 29.6 Å². The van der Waals surface area contributed by atoms with E-state index in [1.807, 2.05) is 42.5 Å². The lowest BCUT2D eigenvalue weighted by Crippen LogP contribution is -2.55. The molecular formula is C32H38N4O2. The van der Waals surface area contributed by atoms with E-state index in [9.17, 15) is 9.59 Å². The molecule has 2 amide bonds. The van der Waals surface area contributed by atoms with E-state index in [1.54, 1.807) is 0 Å². The Balaban J connectivity index is 1.02. The Morgan fingerprint density at radius 2 is 1.42 bits per heavy atom. The van der Waals surface area contributed by atoms with Crippen molar-refractivity contribution in [1.29, 1.82) is 0 Å². The predicted molar refractivity (Wildman–Crippen MR) is 149 cm³/mol. The molecular weight excluding hydrogens is 472 g/mol. The summed E-state index contributed by atoms with van der Waals surface area (Å²) >= 11 is 0. The Hall–Kier alpha value is -3.15. The number of carbonyl (C=O) groups excluding carboxylic acids is 2. The maximum absolute atomic E-state index is 13.1. The van der Waals surface area contributed by atoms with Gasteiger partial charge in [-0.25, -0.2) is 4.98 Å². The summed E-state index contributed by atoms with van der Waals surface area (Å²) in [5.74, 6) is 4.67. The van der Waals surface area contributed by atoms with Crippen LogP contribution in [0.25, 0.3) is 22.4 Å². The van der Waals surface area contributed by atoms with Gasteiger partial charge in [-0.2, -0.15) is 0 Å². The Morgan fingerprint density at radius 3 is 2.11 bits per heavy atom. The average molecular weight is 511 g/mol. The van der Waals surface area contributed by atoms with Crippen LogP contribution in [0.4, 0.5) is 0 Å². The summed E-state index contributed by atoms with van der Waals surface area (Å²) in [5.41, 5.74) is 3.95. The van der Waals surface area contributed by atoms with E-state index in [0.717, 1.165) is 53.0 Å². The van der Waals surface area contributed by atoms with Crippen molar-refractivity contribution in [3.8, 4) is 11.4 Å². The van der Waals surface area contributed by atoms with Gasteiger partial charge in [-0.15, -0.1) is 0 Å². The van der Waals surface area contributed by atoms with Gasteiger partial charge in [0, 0.05) is 28.8 Å². The van der Waals surface area contributed by atoms with Gasteiger partial charge in [0.05, 0.1) is 11.0 Å². The lowest BCUT2D eigenvalue weighted by atomic mass is 9.54. The molecule has 0 spiro atoms. The predicted octanol–water partition coefficient (Wildman–Crippen LogP) is 6.09. The molecule has 0 aliphatic heterocycles. The van der Waals surface area contributed by atoms with Gasteiger partial charge in [-0.1, -0.05) is 19.1 Å². The van der Waals surface area contributed by atoms with Crippen LogP contribution in [0.1, 0.15) is 85.4 Å². The van der Waals surface area contributed by atoms with Crippen LogP contribution < -0.4 is 10.6 Å². The molecule has 0 saturated heterocycles. The second kappa shape index (κ2) is 9.55. The first-order valence-corrected chi connectivity index (χ1v) is 14.7. The second-order valence-electron chi connectivity index (χ2n) is 12.8. The second-order valence-corrected chi connectivity index (χ2v) is 12.8. The van der Waals surface area contributed by atoms with Crippen molar-refractivity contribution in [3.63, 3.8) is 0 Å². The van der Waals surface area contributed by atoms with Gasteiger partial charge in [0.25, 0.3) is 11.8 Å². The Morgan fingerprint density at radius 1 is 0.789 bits per heavy atom. The van der Waals surface area contributed by atoms with Gasteiger partial charge < -0.3 is 15.6 Å². The fourth-order valence-electron chi connectivity index (χ4n) is 8.14. The topological polar surface area (TPSA) is 86.9 Å². The van der Waals surface area contributed by atoms with Crippen LogP contribution in [0.15, 0.2) is 42.5 Å². The molecule has 198 valence electrons. The Kier molecular flexibility index (Phi) is 6.01. The summed E-state index contributed by atoms with van der Waals surface area (Å²) in [6.45, 7) is 2.29. The van der Waals surface area contributed by atoms with Crippen LogP contribution in [-0.4, -0.2) is 33.9 Å². The minimum Gasteiger partial charge on any atom is -0.349 e. The molecule has 6 nitrogen and oxygen atoms in total. The number of rotatable bonds is 5. The molecule has 0 atom stereocenters. The summed E-state index contributed by atoms with van der Waals surface area (Å²) in [6.07, 6.45) is 11.1. The number of aromatic amines is 1. The van der Waals surface area contributed by atoms with Crippen LogP contribution in [0.5, 0.6) is 0 Å². The largest absolute Gasteiger partial charge is 0.349 e. The van der Waals surface area contributed by atoms with Crippen molar-refractivity contribution in [1.82, 2.24) is 20.6 Å². The van der Waals surface area contributed by atoms with Crippen molar-refractivity contribution in [2.45, 2.75) is 76.8 Å². The number of nitrogens with one attached hydrogen (secondary N) is 3. The molecule has 6 heteroatoms. The number of hydrogen-bond acceptors (Lipinski definition) is 3. The molecule has 3 N–H and O–H groups in total. The molecule has 38 heavy (non-hydrogen) atoms. The minimum atomic E-state index is -0.0166. The van der Waals surface area contributed by atoms with Gasteiger partial charge in [0.15, 0.2) is 0 Å². The van der Waals surface area contributed by atoms with E-state index in [-0.39, 0.29) is 17.9 Å². The maximum Gasteiger partial charge on any atom is 0.251 e. The fourth-order valence-corrected chi connectivity index (χ4v) is 8.14. The number of aromatic nitrogens is 2.